The van der Waals surface area contributed by atoms with Crippen LogP contribution in [0.1, 0.15) is 97.5 Å². The maximum Gasteiger partial charge on any atom is 0.311 e. The third kappa shape index (κ3) is 10.5. The van der Waals surface area contributed by atoms with Crippen LogP contribution in [0.15, 0.2) is 18.2 Å². The summed E-state index contributed by atoms with van der Waals surface area (Å²) in [5.41, 5.74) is 1.08. The average molecular weight is 391 g/mol. The van der Waals surface area contributed by atoms with Gasteiger partial charge in [0.25, 0.3) is 0 Å². The minimum atomic E-state index is -0.270. The fraction of sp³-hybridized carbons (Fsp3) is 0.667. The molecule has 0 atom stereocenters. The Labute approximate surface area is 171 Å². The molecule has 0 fully saturated rings. The van der Waals surface area contributed by atoms with Gasteiger partial charge < -0.3 is 9.47 Å². The fourth-order valence-corrected chi connectivity index (χ4v) is 3.05. The Hall–Kier alpha value is -1.84. The van der Waals surface area contributed by atoms with Crippen LogP contribution in [-0.2, 0) is 16.0 Å². The summed E-state index contributed by atoms with van der Waals surface area (Å²) in [6, 6.07) is 5.53. The number of hydrogen-bond donors (Lipinski definition) is 0. The Bertz CT molecular complexity index is 592. The normalized spacial score (nSPS) is 10.9. The van der Waals surface area contributed by atoms with Gasteiger partial charge in [0, 0.05) is 12.8 Å². The topological polar surface area (TPSA) is 52.6 Å². The molecule has 0 radical (unpaired) electrons. The molecule has 0 aliphatic carbocycles. The maximum atomic E-state index is 12.2. The van der Waals surface area contributed by atoms with Crippen molar-refractivity contribution in [3.05, 3.63) is 23.8 Å². The molecule has 0 saturated carbocycles. The van der Waals surface area contributed by atoms with Crippen LogP contribution in [0.4, 0.5) is 0 Å². The van der Waals surface area contributed by atoms with E-state index in [2.05, 4.69) is 27.7 Å². The van der Waals surface area contributed by atoms with Crippen molar-refractivity contribution in [2.75, 3.05) is 0 Å². The van der Waals surface area contributed by atoms with E-state index in [1.54, 1.807) is 6.07 Å². The highest BCUT2D eigenvalue weighted by Crippen LogP contribution is 2.30. The molecule has 0 bridgehead atoms. The average Bonchev–Trinajstić information content (AvgIpc) is 2.64. The van der Waals surface area contributed by atoms with Crippen molar-refractivity contribution in [2.24, 2.45) is 5.92 Å². The predicted octanol–water partition coefficient (Wildman–Crippen LogP) is 6.64. The second-order valence-electron chi connectivity index (χ2n) is 7.95. The van der Waals surface area contributed by atoms with E-state index in [1.807, 2.05) is 12.1 Å². The van der Waals surface area contributed by atoms with Crippen LogP contribution in [0.3, 0.4) is 0 Å². The van der Waals surface area contributed by atoms with Gasteiger partial charge in [0.05, 0.1) is 0 Å². The van der Waals surface area contributed by atoms with Crippen LogP contribution in [-0.4, -0.2) is 11.9 Å². The molecule has 4 heteroatoms. The molecular formula is C24H38O4. The van der Waals surface area contributed by atoms with E-state index < -0.39 is 0 Å². The first-order valence-electron chi connectivity index (χ1n) is 11.0. The lowest BCUT2D eigenvalue weighted by atomic mass is 10.0. The van der Waals surface area contributed by atoms with E-state index in [9.17, 15) is 9.59 Å². The number of esters is 2. The Morgan fingerprint density at radius 3 is 1.82 bits per heavy atom. The van der Waals surface area contributed by atoms with Crippen LogP contribution in [0.25, 0.3) is 0 Å². The van der Waals surface area contributed by atoms with Crippen LogP contribution in [0, 0.1) is 5.92 Å². The Morgan fingerprint density at radius 2 is 1.32 bits per heavy atom. The quantitative estimate of drug-likeness (QED) is 0.203. The summed E-state index contributed by atoms with van der Waals surface area (Å²) in [6.07, 6.45) is 9.86. The van der Waals surface area contributed by atoms with Crippen molar-refractivity contribution in [2.45, 2.75) is 98.3 Å². The van der Waals surface area contributed by atoms with Crippen molar-refractivity contribution in [3.63, 3.8) is 0 Å². The van der Waals surface area contributed by atoms with Gasteiger partial charge in [-0.3, -0.25) is 9.59 Å². The molecule has 0 heterocycles. The first-order chi connectivity index (χ1) is 13.5. The molecule has 28 heavy (non-hydrogen) atoms. The lowest BCUT2D eigenvalue weighted by Crippen LogP contribution is -2.12. The van der Waals surface area contributed by atoms with Crippen LogP contribution >= 0.6 is 0 Å². The van der Waals surface area contributed by atoms with Crippen LogP contribution in [0.2, 0.25) is 0 Å². The zero-order valence-electron chi connectivity index (χ0n) is 18.2. The van der Waals surface area contributed by atoms with Gasteiger partial charge in [0.2, 0.25) is 0 Å². The molecular weight excluding hydrogens is 352 g/mol. The third-order valence-corrected chi connectivity index (χ3v) is 4.57. The minimum Gasteiger partial charge on any atom is -0.423 e. The number of hydrogen-bond acceptors (Lipinski definition) is 4. The van der Waals surface area contributed by atoms with Gasteiger partial charge in [0.15, 0.2) is 11.5 Å². The standard InChI is InChI=1S/C24H38O4/c1-5-7-9-11-13-23(25)27-21-16-15-20(17-19(3)4)18-22(21)28-24(26)14-12-10-8-6-2/h15-16,18-19H,5-14,17H2,1-4H3. The van der Waals surface area contributed by atoms with Gasteiger partial charge in [-0.05, 0) is 42.9 Å². The number of benzene rings is 1. The highest BCUT2D eigenvalue weighted by Gasteiger charge is 2.15. The SMILES string of the molecule is CCCCCCC(=O)Oc1ccc(CC(C)C)cc1OC(=O)CCCCCC. The van der Waals surface area contributed by atoms with Crippen molar-refractivity contribution in [1.82, 2.24) is 0 Å². The summed E-state index contributed by atoms with van der Waals surface area (Å²) in [4.78, 5) is 24.4. The van der Waals surface area contributed by atoms with Crippen LogP contribution in [0.5, 0.6) is 11.5 Å². The summed E-state index contributed by atoms with van der Waals surface area (Å²) < 4.78 is 11.1. The smallest absolute Gasteiger partial charge is 0.311 e. The molecule has 158 valence electrons. The predicted molar refractivity (Wildman–Crippen MR) is 114 cm³/mol. The molecule has 1 aromatic rings. The molecule has 0 N–H and O–H groups in total. The second-order valence-corrected chi connectivity index (χ2v) is 7.95. The summed E-state index contributed by atoms with van der Waals surface area (Å²) in [5.74, 6) is 0.658. The molecule has 0 unspecified atom stereocenters. The van der Waals surface area contributed by atoms with Crippen molar-refractivity contribution in [3.8, 4) is 11.5 Å². The molecule has 1 aromatic carbocycles. The van der Waals surface area contributed by atoms with E-state index in [-0.39, 0.29) is 11.9 Å². The summed E-state index contributed by atoms with van der Waals surface area (Å²) in [7, 11) is 0. The highest BCUT2D eigenvalue weighted by atomic mass is 16.6. The van der Waals surface area contributed by atoms with Crippen molar-refractivity contribution >= 4 is 11.9 Å². The largest absolute Gasteiger partial charge is 0.423 e. The zero-order chi connectivity index (χ0) is 20.8. The second kappa shape index (κ2) is 14.2. The first-order valence-corrected chi connectivity index (χ1v) is 11.0. The Kier molecular flexibility index (Phi) is 12.3. The van der Waals surface area contributed by atoms with E-state index in [0.29, 0.717) is 30.3 Å². The van der Waals surface area contributed by atoms with Gasteiger partial charge in [-0.25, -0.2) is 0 Å². The highest BCUT2D eigenvalue weighted by molar-refractivity contribution is 5.76. The van der Waals surface area contributed by atoms with E-state index >= 15 is 0 Å². The van der Waals surface area contributed by atoms with E-state index in [1.165, 1.54) is 0 Å². The number of carbonyl (C=O) groups excluding carboxylic acids is 2. The molecule has 4 nitrogen and oxygen atoms in total. The molecule has 0 spiro atoms. The summed E-state index contributed by atoms with van der Waals surface area (Å²) >= 11 is 0. The maximum absolute atomic E-state index is 12.2. The number of unbranched alkanes of at least 4 members (excludes halogenated alkanes) is 6. The summed E-state index contributed by atoms with van der Waals surface area (Å²) in [5, 5.41) is 0. The van der Waals surface area contributed by atoms with E-state index in [0.717, 1.165) is 63.4 Å². The molecule has 1 rings (SSSR count). The van der Waals surface area contributed by atoms with Crippen LogP contribution < -0.4 is 9.47 Å². The number of ether oxygens (including phenoxy) is 2. The van der Waals surface area contributed by atoms with Gasteiger partial charge in [-0.15, -0.1) is 0 Å². The van der Waals surface area contributed by atoms with E-state index in [4.69, 9.17) is 9.47 Å². The molecule has 0 aromatic heterocycles. The van der Waals surface area contributed by atoms with Gasteiger partial charge in [0.1, 0.15) is 0 Å². The molecule has 0 saturated heterocycles. The molecule has 0 amide bonds. The molecule has 0 aliphatic rings. The summed E-state index contributed by atoms with van der Waals surface area (Å²) in [6.45, 7) is 8.56. The number of rotatable bonds is 14. The van der Waals surface area contributed by atoms with Gasteiger partial charge in [-0.1, -0.05) is 72.3 Å². The Morgan fingerprint density at radius 1 is 0.786 bits per heavy atom. The lowest BCUT2D eigenvalue weighted by Gasteiger charge is -2.13. The van der Waals surface area contributed by atoms with Gasteiger partial charge in [-0.2, -0.15) is 0 Å². The monoisotopic (exact) mass is 390 g/mol. The van der Waals surface area contributed by atoms with Crippen molar-refractivity contribution in [1.29, 1.82) is 0 Å². The van der Waals surface area contributed by atoms with Gasteiger partial charge >= 0.3 is 11.9 Å². The zero-order valence-corrected chi connectivity index (χ0v) is 18.2. The third-order valence-electron chi connectivity index (χ3n) is 4.57. The minimum absolute atomic E-state index is 0.266. The first kappa shape index (κ1) is 24.2. The fourth-order valence-electron chi connectivity index (χ4n) is 3.05. The van der Waals surface area contributed by atoms with Crippen molar-refractivity contribution < 1.29 is 19.1 Å². The molecule has 0 aliphatic heterocycles. The lowest BCUT2D eigenvalue weighted by molar-refractivity contribution is -0.137. The number of carbonyl (C=O) groups is 2. The Balaban J connectivity index is 2.75.